The maximum atomic E-state index is 3.93. The van der Waals surface area contributed by atoms with E-state index in [9.17, 15) is 0 Å². The number of rotatable bonds is 13. The predicted octanol–water partition coefficient (Wildman–Crippen LogP) is 1.05. The van der Waals surface area contributed by atoms with E-state index < -0.39 is 0 Å². The topological polar surface area (TPSA) is 37.0 Å². The van der Waals surface area contributed by atoms with Crippen molar-refractivity contribution in [2.24, 2.45) is 0 Å². The second-order valence-electron chi connectivity index (χ2n) is 9.78. The van der Waals surface area contributed by atoms with Crippen LogP contribution in [-0.4, -0.2) is 125 Å². The Balaban J connectivity index is 1.43. The standard InChI is InChI=1S/C25H46N6/c1-28(2)14-19-31-12-7-10-25(31)22-27-24(20-23-8-5-4-6-9-23)21-26-11-13-30-17-15-29(3)16-18-30/h4-6,8-9,24-27H,7,10-22H2,1-3H3/t24-,25-/m0/s1. The molecule has 1 aromatic rings. The van der Waals surface area contributed by atoms with Crippen LogP contribution in [0.15, 0.2) is 30.3 Å². The number of benzene rings is 1. The largest absolute Gasteiger partial charge is 0.314 e. The molecule has 0 amide bonds. The molecule has 6 heteroatoms. The van der Waals surface area contributed by atoms with Crippen LogP contribution in [0.5, 0.6) is 0 Å². The Morgan fingerprint density at radius 3 is 2.55 bits per heavy atom. The SMILES string of the molecule is CN(C)CCN1CCC[C@H]1CN[C@H](CNCCN1CCN(C)CC1)Cc1ccccc1. The highest BCUT2D eigenvalue weighted by atomic mass is 15.3. The Morgan fingerprint density at radius 1 is 1.03 bits per heavy atom. The summed E-state index contributed by atoms with van der Waals surface area (Å²) in [5.41, 5.74) is 1.43. The lowest BCUT2D eigenvalue weighted by Gasteiger charge is -2.32. The van der Waals surface area contributed by atoms with E-state index in [0.29, 0.717) is 12.1 Å². The first kappa shape index (κ1) is 24.6. The molecule has 2 fully saturated rings. The molecular formula is C25H46N6. The van der Waals surface area contributed by atoms with Crippen molar-refractivity contribution in [3.8, 4) is 0 Å². The summed E-state index contributed by atoms with van der Waals surface area (Å²) in [7, 11) is 6.57. The van der Waals surface area contributed by atoms with Crippen molar-refractivity contribution in [2.45, 2.75) is 31.3 Å². The van der Waals surface area contributed by atoms with E-state index in [-0.39, 0.29) is 0 Å². The molecular weight excluding hydrogens is 384 g/mol. The normalized spacial score (nSPS) is 22.4. The maximum Gasteiger partial charge on any atom is 0.0233 e. The smallest absolute Gasteiger partial charge is 0.0233 e. The number of hydrogen-bond acceptors (Lipinski definition) is 6. The minimum Gasteiger partial charge on any atom is -0.314 e. The van der Waals surface area contributed by atoms with Gasteiger partial charge in [-0.15, -0.1) is 0 Å². The highest BCUT2D eigenvalue weighted by Crippen LogP contribution is 2.16. The van der Waals surface area contributed by atoms with E-state index in [1.807, 2.05) is 0 Å². The highest BCUT2D eigenvalue weighted by Gasteiger charge is 2.25. The number of hydrogen-bond donors (Lipinski definition) is 2. The molecule has 31 heavy (non-hydrogen) atoms. The Kier molecular flexibility index (Phi) is 10.7. The van der Waals surface area contributed by atoms with Gasteiger partial charge in [0, 0.05) is 77.5 Å². The van der Waals surface area contributed by atoms with Crippen LogP contribution in [0.3, 0.4) is 0 Å². The summed E-state index contributed by atoms with van der Waals surface area (Å²) in [6.45, 7) is 12.8. The zero-order chi connectivity index (χ0) is 21.9. The van der Waals surface area contributed by atoms with Crippen LogP contribution in [-0.2, 0) is 6.42 Å². The third-order valence-electron chi connectivity index (χ3n) is 6.89. The van der Waals surface area contributed by atoms with Gasteiger partial charge in [0.2, 0.25) is 0 Å². The van der Waals surface area contributed by atoms with Gasteiger partial charge in [-0.3, -0.25) is 9.80 Å². The third-order valence-corrected chi connectivity index (χ3v) is 6.89. The van der Waals surface area contributed by atoms with Gasteiger partial charge in [0.05, 0.1) is 0 Å². The Morgan fingerprint density at radius 2 is 1.81 bits per heavy atom. The van der Waals surface area contributed by atoms with Crippen LogP contribution in [0.25, 0.3) is 0 Å². The van der Waals surface area contributed by atoms with Crippen molar-refractivity contribution in [2.75, 3.05) is 93.1 Å². The van der Waals surface area contributed by atoms with Crippen LogP contribution in [0, 0.1) is 0 Å². The lowest BCUT2D eigenvalue weighted by atomic mass is 10.1. The summed E-state index contributed by atoms with van der Waals surface area (Å²) >= 11 is 0. The summed E-state index contributed by atoms with van der Waals surface area (Å²) in [5, 5.41) is 7.69. The zero-order valence-corrected chi connectivity index (χ0v) is 20.2. The van der Waals surface area contributed by atoms with Gasteiger partial charge in [-0.25, -0.2) is 0 Å². The first-order valence-electron chi connectivity index (χ1n) is 12.4. The van der Waals surface area contributed by atoms with Crippen molar-refractivity contribution >= 4 is 0 Å². The van der Waals surface area contributed by atoms with Gasteiger partial charge in [0.1, 0.15) is 0 Å². The fraction of sp³-hybridized carbons (Fsp3) is 0.760. The number of piperazine rings is 1. The number of nitrogens with one attached hydrogen (secondary N) is 2. The lowest BCUT2D eigenvalue weighted by molar-refractivity contribution is 0.154. The predicted molar refractivity (Wildman–Crippen MR) is 132 cm³/mol. The summed E-state index contributed by atoms with van der Waals surface area (Å²) < 4.78 is 0. The highest BCUT2D eigenvalue weighted by molar-refractivity contribution is 5.16. The quantitative estimate of drug-likeness (QED) is 0.456. The summed E-state index contributed by atoms with van der Waals surface area (Å²) in [6.07, 6.45) is 3.76. The number of likely N-dealkylation sites (N-methyl/N-ethyl adjacent to an activating group) is 2. The monoisotopic (exact) mass is 430 g/mol. The number of likely N-dealkylation sites (tertiary alicyclic amines) is 1. The fourth-order valence-electron chi connectivity index (χ4n) is 4.75. The average Bonchev–Trinajstić information content (AvgIpc) is 3.22. The van der Waals surface area contributed by atoms with Gasteiger partial charge in [-0.2, -0.15) is 0 Å². The average molecular weight is 431 g/mol. The molecule has 0 saturated carbocycles. The van der Waals surface area contributed by atoms with E-state index in [1.54, 1.807) is 0 Å². The molecule has 2 aliphatic rings. The molecule has 1 aromatic carbocycles. The minimum atomic E-state index is 0.478. The van der Waals surface area contributed by atoms with Crippen LogP contribution >= 0.6 is 0 Å². The molecule has 0 bridgehead atoms. The molecule has 0 spiro atoms. The third kappa shape index (κ3) is 9.16. The van der Waals surface area contributed by atoms with E-state index >= 15 is 0 Å². The van der Waals surface area contributed by atoms with Crippen molar-refractivity contribution in [3.63, 3.8) is 0 Å². The maximum absolute atomic E-state index is 3.93. The van der Waals surface area contributed by atoms with Crippen molar-refractivity contribution in [1.82, 2.24) is 30.2 Å². The van der Waals surface area contributed by atoms with E-state index in [1.165, 1.54) is 57.7 Å². The van der Waals surface area contributed by atoms with E-state index in [4.69, 9.17) is 0 Å². The summed E-state index contributed by atoms with van der Waals surface area (Å²) in [5.74, 6) is 0. The molecule has 3 rings (SSSR count). The van der Waals surface area contributed by atoms with Gasteiger partial charge in [-0.05, 0) is 52.5 Å². The molecule has 2 heterocycles. The zero-order valence-electron chi connectivity index (χ0n) is 20.2. The molecule has 2 atom stereocenters. The van der Waals surface area contributed by atoms with Gasteiger partial charge >= 0.3 is 0 Å². The molecule has 0 radical (unpaired) electrons. The Bertz CT molecular complexity index is 587. The fourth-order valence-corrected chi connectivity index (χ4v) is 4.75. The molecule has 2 saturated heterocycles. The van der Waals surface area contributed by atoms with Gasteiger partial charge in [0.15, 0.2) is 0 Å². The molecule has 0 aliphatic carbocycles. The van der Waals surface area contributed by atoms with Crippen LogP contribution in [0.4, 0.5) is 0 Å². The molecule has 0 aromatic heterocycles. The van der Waals surface area contributed by atoms with Crippen LogP contribution in [0.1, 0.15) is 18.4 Å². The van der Waals surface area contributed by atoms with Gasteiger partial charge in [0.25, 0.3) is 0 Å². The number of nitrogens with zero attached hydrogens (tertiary/aromatic N) is 4. The minimum absolute atomic E-state index is 0.478. The molecule has 2 N–H and O–H groups in total. The lowest BCUT2D eigenvalue weighted by Crippen LogP contribution is -2.49. The first-order chi connectivity index (χ1) is 15.1. The molecule has 6 nitrogen and oxygen atoms in total. The molecule has 176 valence electrons. The summed E-state index contributed by atoms with van der Waals surface area (Å²) in [4.78, 5) is 10.0. The Labute approximate surface area is 190 Å². The molecule has 0 unspecified atom stereocenters. The van der Waals surface area contributed by atoms with Crippen molar-refractivity contribution < 1.29 is 0 Å². The van der Waals surface area contributed by atoms with Crippen molar-refractivity contribution in [3.05, 3.63) is 35.9 Å². The van der Waals surface area contributed by atoms with Crippen LogP contribution in [0.2, 0.25) is 0 Å². The van der Waals surface area contributed by atoms with E-state index in [0.717, 1.165) is 39.1 Å². The van der Waals surface area contributed by atoms with E-state index in [2.05, 4.69) is 81.7 Å². The first-order valence-corrected chi connectivity index (χ1v) is 12.4. The second kappa shape index (κ2) is 13.5. The van der Waals surface area contributed by atoms with Gasteiger partial charge in [-0.1, -0.05) is 30.3 Å². The van der Waals surface area contributed by atoms with Gasteiger partial charge < -0.3 is 20.4 Å². The van der Waals surface area contributed by atoms with Crippen LogP contribution < -0.4 is 10.6 Å². The Hall–Kier alpha value is -1.02. The summed E-state index contributed by atoms with van der Waals surface area (Å²) in [6, 6.07) is 12.1. The molecule has 2 aliphatic heterocycles. The second-order valence-corrected chi connectivity index (χ2v) is 9.78. The van der Waals surface area contributed by atoms with Crippen molar-refractivity contribution in [1.29, 1.82) is 0 Å².